The maximum absolute atomic E-state index is 4.00. The van der Waals surface area contributed by atoms with Gasteiger partial charge in [0.2, 0.25) is 0 Å². The molecule has 0 bridgehead atoms. The van der Waals surface area contributed by atoms with Crippen LogP contribution in [0.15, 0.2) is 81.8 Å². The molecular weight excluding hydrogens is 581 g/mol. The Balaban J connectivity index is 3.50. The minimum absolute atomic E-state index is 1.44. The van der Waals surface area contributed by atoms with Gasteiger partial charge in [0.25, 0.3) is 0 Å². The first-order valence-electron chi connectivity index (χ1n) is 6.40. The third-order valence-corrected chi connectivity index (χ3v) is 17.0. The van der Waals surface area contributed by atoms with Crippen molar-refractivity contribution >= 4 is 71.2 Å². The molecule has 0 saturated carbocycles. The third kappa shape index (κ3) is 5.06. The van der Waals surface area contributed by atoms with Crippen molar-refractivity contribution in [1.29, 1.82) is 0 Å². The van der Waals surface area contributed by atoms with Gasteiger partial charge in [-0.15, -0.1) is 0 Å². The Kier molecular flexibility index (Phi) is 9.12. The molecule has 1 rings (SSSR count). The van der Waals surface area contributed by atoms with Crippen LogP contribution >= 0.6 is 0 Å². The maximum atomic E-state index is 4.00. The summed E-state index contributed by atoms with van der Waals surface area (Å²) >= 11 is -5.26. The summed E-state index contributed by atoms with van der Waals surface area (Å²) in [6, 6.07) is 7.06. The van der Waals surface area contributed by atoms with Crippen LogP contribution in [0, 0.1) is 0 Å². The molecule has 0 N–H and O–H groups in total. The zero-order chi connectivity index (χ0) is 15.8. The van der Waals surface area contributed by atoms with Crippen LogP contribution in [0.25, 0.3) is 0 Å². The van der Waals surface area contributed by atoms with E-state index < -0.39 is 60.6 Å². The van der Waals surface area contributed by atoms with Crippen LogP contribution < -0.4 is 10.5 Å². The SMILES string of the molecule is C=[CH][Sb]([CH]=C)[c]1c[c]([Sb]([CH]=C)[CH]=C)c[c]([Sb]([CH]=C)[CH]=C)c1. The normalized spacial score (nSPS) is 10.4. The van der Waals surface area contributed by atoms with E-state index in [-0.39, 0.29) is 0 Å². The second-order valence-corrected chi connectivity index (χ2v) is 21.7. The van der Waals surface area contributed by atoms with Crippen molar-refractivity contribution in [2.45, 2.75) is 0 Å². The molecule has 1 aromatic carbocycles. The fraction of sp³-hybridized carbons (Fsp3) is 0. The van der Waals surface area contributed by atoms with E-state index >= 15 is 0 Å². The predicted molar refractivity (Wildman–Crippen MR) is 104 cm³/mol. The van der Waals surface area contributed by atoms with Gasteiger partial charge in [-0.3, -0.25) is 0 Å². The molecule has 108 valence electrons. The zero-order valence-electron chi connectivity index (χ0n) is 12.3. The average Bonchev–Trinajstić information content (AvgIpc) is 2.51. The second kappa shape index (κ2) is 10.00. The fourth-order valence-electron chi connectivity index (χ4n) is 1.88. The number of hydrogen-bond acceptors (Lipinski definition) is 0. The summed E-state index contributed by atoms with van der Waals surface area (Å²) < 4.78 is 17.0. The molecule has 0 radical (unpaired) electrons. The van der Waals surface area contributed by atoms with Crippen LogP contribution in [0.3, 0.4) is 0 Å². The summed E-state index contributed by atoms with van der Waals surface area (Å²) in [4.78, 5) is 0. The van der Waals surface area contributed by atoms with E-state index in [0.29, 0.717) is 0 Å². The molecule has 0 aliphatic heterocycles. The van der Waals surface area contributed by atoms with Crippen LogP contribution in [-0.2, 0) is 0 Å². The van der Waals surface area contributed by atoms with Crippen LogP contribution in [0.5, 0.6) is 0 Å². The molecule has 3 heteroatoms. The second-order valence-electron chi connectivity index (χ2n) is 4.02. The van der Waals surface area contributed by atoms with Gasteiger partial charge in [-0.2, -0.15) is 0 Å². The summed E-state index contributed by atoms with van der Waals surface area (Å²) in [6.45, 7) is 24.0. The van der Waals surface area contributed by atoms with Crippen molar-refractivity contribution in [1.82, 2.24) is 0 Å². The van der Waals surface area contributed by atoms with E-state index in [1.54, 1.807) is 0 Å². The van der Waals surface area contributed by atoms with Crippen LogP contribution in [-0.4, -0.2) is 60.6 Å². The van der Waals surface area contributed by atoms with Crippen molar-refractivity contribution in [3.8, 4) is 0 Å². The Hall–Kier alpha value is 0.115. The van der Waals surface area contributed by atoms with Crippen LogP contribution in [0.2, 0.25) is 0 Å². The first-order chi connectivity index (χ1) is 10.1. The molecule has 1 aromatic rings. The Labute approximate surface area is 151 Å². The van der Waals surface area contributed by atoms with Crippen molar-refractivity contribution in [2.24, 2.45) is 0 Å². The first-order valence-corrected chi connectivity index (χ1v) is 19.1. The molecule has 0 spiro atoms. The van der Waals surface area contributed by atoms with Gasteiger partial charge in [0.15, 0.2) is 0 Å². The van der Waals surface area contributed by atoms with E-state index in [9.17, 15) is 0 Å². The Bertz CT molecular complexity index is 455. The number of hydrogen-bond donors (Lipinski definition) is 0. The molecule has 0 aliphatic rings. The van der Waals surface area contributed by atoms with Crippen molar-refractivity contribution < 1.29 is 0 Å². The van der Waals surface area contributed by atoms with Gasteiger partial charge < -0.3 is 0 Å². The predicted octanol–water partition coefficient (Wildman–Crippen LogP) is 2.14. The zero-order valence-corrected chi connectivity index (χ0v) is 19.9. The number of benzene rings is 1. The van der Waals surface area contributed by atoms with E-state index in [1.807, 2.05) is 0 Å². The van der Waals surface area contributed by atoms with Crippen molar-refractivity contribution in [3.05, 3.63) is 81.8 Å². The quantitative estimate of drug-likeness (QED) is 0.381. The Morgan fingerprint density at radius 3 is 0.810 bits per heavy atom. The van der Waals surface area contributed by atoms with Gasteiger partial charge >= 0.3 is 153 Å². The average molecular weight is 603 g/mol. The summed E-state index contributed by atoms with van der Waals surface area (Å²) in [6.07, 6.45) is 0. The third-order valence-electron chi connectivity index (χ3n) is 2.96. The molecular formula is C18H21Sb3. The summed E-state index contributed by atoms with van der Waals surface area (Å²) in [5.74, 6) is 0. The van der Waals surface area contributed by atoms with Gasteiger partial charge in [-0.1, -0.05) is 0 Å². The molecule has 0 aromatic heterocycles. The molecule has 0 saturated heterocycles. The van der Waals surface area contributed by atoms with Gasteiger partial charge in [-0.05, 0) is 0 Å². The molecule has 0 atom stereocenters. The first kappa shape index (κ1) is 19.2. The topological polar surface area (TPSA) is 0 Å². The molecule has 21 heavy (non-hydrogen) atoms. The molecule has 0 unspecified atom stereocenters. The standard InChI is InChI=1S/C6H3.6C2H3.3Sb/c1-2-4-6-5-3-1;6*1-2;;;/h1,4-5H;6*1H,2H2;;;. The summed E-state index contributed by atoms with van der Waals surface area (Å²) in [5, 5.41) is 0. The molecule has 0 fully saturated rings. The Morgan fingerprint density at radius 2 is 0.667 bits per heavy atom. The monoisotopic (exact) mass is 600 g/mol. The van der Waals surface area contributed by atoms with E-state index in [1.165, 1.54) is 10.5 Å². The van der Waals surface area contributed by atoms with Gasteiger partial charge in [0.05, 0.1) is 0 Å². The van der Waals surface area contributed by atoms with Crippen molar-refractivity contribution in [3.63, 3.8) is 0 Å². The van der Waals surface area contributed by atoms with E-state index in [2.05, 4.69) is 81.8 Å². The molecule has 0 nitrogen and oxygen atoms in total. The van der Waals surface area contributed by atoms with Gasteiger partial charge in [0, 0.05) is 0 Å². The fourth-order valence-corrected chi connectivity index (χ4v) is 14.4. The summed E-state index contributed by atoms with van der Waals surface area (Å²) in [7, 11) is 0. The van der Waals surface area contributed by atoms with Crippen LogP contribution in [0.1, 0.15) is 0 Å². The molecule has 0 aliphatic carbocycles. The van der Waals surface area contributed by atoms with Crippen molar-refractivity contribution in [2.75, 3.05) is 0 Å². The molecule has 0 amide bonds. The van der Waals surface area contributed by atoms with E-state index in [0.717, 1.165) is 0 Å². The molecule has 0 heterocycles. The summed E-state index contributed by atoms with van der Waals surface area (Å²) in [5.41, 5.74) is 0. The Morgan fingerprint density at radius 1 is 0.476 bits per heavy atom. The number of rotatable bonds is 9. The van der Waals surface area contributed by atoms with Gasteiger partial charge in [-0.25, -0.2) is 0 Å². The van der Waals surface area contributed by atoms with Crippen LogP contribution in [0.4, 0.5) is 0 Å². The van der Waals surface area contributed by atoms with Gasteiger partial charge in [0.1, 0.15) is 0 Å². The van der Waals surface area contributed by atoms with E-state index in [4.69, 9.17) is 0 Å². The minimum atomic E-state index is -1.75.